The fraction of sp³-hybridized carbons (Fsp3) is 0.375. The van der Waals surface area contributed by atoms with Crippen molar-refractivity contribution in [3.63, 3.8) is 0 Å². The Labute approximate surface area is 104 Å². The molecule has 0 aliphatic carbocycles. The molecule has 1 aliphatic rings. The SMILES string of the molecule is C=C1Oc2c(C)c(C)c(C)c(C)c2C(C)=C1C. The van der Waals surface area contributed by atoms with E-state index in [0.29, 0.717) is 0 Å². The maximum atomic E-state index is 5.91. The molecule has 0 atom stereocenters. The number of ether oxygens (including phenoxy) is 1. The fourth-order valence-electron chi connectivity index (χ4n) is 2.45. The zero-order valence-electron chi connectivity index (χ0n) is 11.6. The summed E-state index contributed by atoms with van der Waals surface area (Å²) >= 11 is 0. The summed E-state index contributed by atoms with van der Waals surface area (Å²) in [5.74, 6) is 1.78. The van der Waals surface area contributed by atoms with E-state index in [-0.39, 0.29) is 0 Å². The summed E-state index contributed by atoms with van der Waals surface area (Å²) in [5.41, 5.74) is 8.95. The van der Waals surface area contributed by atoms with Gasteiger partial charge in [0.05, 0.1) is 0 Å². The molecular formula is C16H20O. The van der Waals surface area contributed by atoms with E-state index in [0.717, 1.165) is 17.1 Å². The van der Waals surface area contributed by atoms with Crippen molar-refractivity contribution in [3.05, 3.63) is 45.7 Å². The molecule has 1 aliphatic heterocycles. The number of hydrogen-bond donors (Lipinski definition) is 0. The van der Waals surface area contributed by atoms with E-state index in [9.17, 15) is 0 Å². The monoisotopic (exact) mass is 228 g/mol. The number of allylic oxidation sites excluding steroid dienone is 2. The van der Waals surface area contributed by atoms with Crippen molar-refractivity contribution in [2.45, 2.75) is 41.5 Å². The first-order valence-electron chi connectivity index (χ1n) is 6.01. The molecule has 0 aromatic heterocycles. The molecule has 17 heavy (non-hydrogen) atoms. The van der Waals surface area contributed by atoms with E-state index >= 15 is 0 Å². The van der Waals surface area contributed by atoms with Crippen molar-refractivity contribution < 1.29 is 4.74 Å². The molecule has 0 bridgehead atoms. The standard InChI is InChI=1S/C16H20O/c1-8-9(2)13(6)16-15(11(8)4)12(5)10(3)14(7)17-16/h7H2,1-6H3. The lowest BCUT2D eigenvalue weighted by Gasteiger charge is -2.27. The molecule has 1 heterocycles. The normalized spacial score (nSPS) is 14.8. The van der Waals surface area contributed by atoms with Crippen LogP contribution in [-0.2, 0) is 0 Å². The zero-order chi connectivity index (χ0) is 12.9. The molecule has 2 rings (SSSR count). The number of hydrogen-bond acceptors (Lipinski definition) is 1. The van der Waals surface area contributed by atoms with Crippen molar-refractivity contribution in [2.24, 2.45) is 0 Å². The van der Waals surface area contributed by atoms with Crippen LogP contribution in [-0.4, -0.2) is 0 Å². The van der Waals surface area contributed by atoms with Gasteiger partial charge < -0.3 is 4.74 Å². The van der Waals surface area contributed by atoms with Gasteiger partial charge in [-0.15, -0.1) is 0 Å². The van der Waals surface area contributed by atoms with Crippen LogP contribution in [0.25, 0.3) is 5.57 Å². The lowest BCUT2D eigenvalue weighted by atomic mass is 9.87. The van der Waals surface area contributed by atoms with Gasteiger partial charge in [0.2, 0.25) is 0 Å². The first-order chi connectivity index (χ1) is 7.86. The maximum absolute atomic E-state index is 5.91. The molecule has 1 aromatic carbocycles. The van der Waals surface area contributed by atoms with Crippen molar-refractivity contribution >= 4 is 5.57 Å². The number of benzene rings is 1. The quantitative estimate of drug-likeness (QED) is 0.629. The molecule has 90 valence electrons. The second kappa shape index (κ2) is 3.76. The van der Waals surface area contributed by atoms with Crippen LogP contribution in [0.5, 0.6) is 5.75 Å². The summed E-state index contributed by atoms with van der Waals surface area (Å²) in [5, 5.41) is 0. The summed E-state index contributed by atoms with van der Waals surface area (Å²) < 4.78 is 5.91. The van der Waals surface area contributed by atoms with E-state index in [1.165, 1.54) is 33.4 Å². The van der Waals surface area contributed by atoms with Crippen LogP contribution < -0.4 is 4.74 Å². The van der Waals surface area contributed by atoms with Gasteiger partial charge in [-0.3, -0.25) is 0 Å². The predicted molar refractivity (Wildman–Crippen MR) is 73.4 cm³/mol. The van der Waals surface area contributed by atoms with Crippen LogP contribution >= 0.6 is 0 Å². The number of rotatable bonds is 0. The first-order valence-corrected chi connectivity index (χ1v) is 6.01. The van der Waals surface area contributed by atoms with Gasteiger partial charge in [0.1, 0.15) is 11.5 Å². The predicted octanol–water partition coefficient (Wildman–Crippen LogP) is 4.62. The van der Waals surface area contributed by atoms with Crippen molar-refractivity contribution in [1.82, 2.24) is 0 Å². The molecule has 0 radical (unpaired) electrons. The van der Waals surface area contributed by atoms with Crippen LogP contribution in [0.15, 0.2) is 17.9 Å². The van der Waals surface area contributed by atoms with Gasteiger partial charge in [0.25, 0.3) is 0 Å². The largest absolute Gasteiger partial charge is 0.457 e. The summed E-state index contributed by atoms with van der Waals surface area (Å²) in [6.45, 7) is 16.9. The van der Waals surface area contributed by atoms with Crippen molar-refractivity contribution in [3.8, 4) is 5.75 Å². The summed E-state index contributed by atoms with van der Waals surface area (Å²) in [6, 6.07) is 0. The highest BCUT2D eigenvalue weighted by Gasteiger charge is 2.24. The number of fused-ring (bicyclic) bond motifs is 1. The lowest BCUT2D eigenvalue weighted by molar-refractivity contribution is 0.427. The third kappa shape index (κ3) is 1.53. The van der Waals surface area contributed by atoms with Crippen LogP contribution in [0.1, 0.15) is 41.7 Å². The van der Waals surface area contributed by atoms with Gasteiger partial charge in [-0.2, -0.15) is 0 Å². The van der Waals surface area contributed by atoms with Crippen molar-refractivity contribution in [2.75, 3.05) is 0 Å². The highest BCUT2D eigenvalue weighted by Crippen LogP contribution is 2.43. The second-order valence-electron chi connectivity index (χ2n) is 4.98. The Balaban J connectivity index is 2.90. The zero-order valence-corrected chi connectivity index (χ0v) is 11.6. The van der Waals surface area contributed by atoms with Crippen LogP contribution in [0.3, 0.4) is 0 Å². The Morgan fingerprint density at radius 1 is 0.706 bits per heavy atom. The van der Waals surface area contributed by atoms with Gasteiger partial charge in [-0.05, 0) is 74.9 Å². The molecule has 0 saturated carbocycles. The third-order valence-corrected chi connectivity index (χ3v) is 4.21. The van der Waals surface area contributed by atoms with E-state index in [1.54, 1.807) is 0 Å². The Bertz CT molecular complexity index is 560. The second-order valence-corrected chi connectivity index (χ2v) is 4.98. The Morgan fingerprint density at radius 3 is 1.82 bits per heavy atom. The van der Waals surface area contributed by atoms with E-state index < -0.39 is 0 Å². The molecule has 0 unspecified atom stereocenters. The van der Waals surface area contributed by atoms with Gasteiger partial charge in [-0.25, -0.2) is 0 Å². The Hall–Kier alpha value is -1.50. The van der Waals surface area contributed by atoms with Gasteiger partial charge in [0, 0.05) is 5.56 Å². The minimum absolute atomic E-state index is 0.778. The van der Waals surface area contributed by atoms with Gasteiger partial charge >= 0.3 is 0 Å². The molecule has 0 fully saturated rings. The fourth-order valence-corrected chi connectivity index (χ4v) is 2.45. The maximum Gasteiger partial charge on any atom is 0.138 e. The van der Waals surface area contributed by atoms with Crippen LogP contribution in [0.2, 0.25) is 0 Å². The Morgan fingerprint density at radius 2 is 1.24 bits per heavy atom. The Kier molecular flexibility index (Phi) is 2.65. The molecule has 1 heteroatoms. The van der Waals surface area contributed by atoms with Crippen molar-refractivity contribution in [1.29, 1.82) is 0 Å². The highest BCUT2D eigenvalue weighted by molar-refractivity contribution is 5.81. The molecular weight excluding hydrogens is 208 g/mol. The summed E-state index contributed by atoms with van der Waals surface area (Å²) in [6.07, 6.45) is 0. The molecule has 0 amide bonds. The first kappa shape index (κ1) is 12.0. The van der Waals surface area contributed by atoms with Gasteiger partial charge in [-0.1, -0.05) is 6.58 Å². The minimum Gasteiger partial charge on any atom is -0.457 e. The molecule has 0 spiro atoms. The molecule has 0 saturated heterocycles. The topological polar surface area (TPSA) is 9.23 Å². The minimum atomic E-state index is 0.778. The molecule has 0 N–H and O–H groups in total. The third-order valence-electron chi connectivity index (χ3n) is 4.21. The van der Waals surface area contributed by atoms with Crippen LogP contribution in [0.4, 0.5) is 0 Å². The van der Waals surface area contributed by atoms with E-state index in [4.69, 9.17) is 4.74 Å². The van der Waals surface area contributed by atoms with Crippen LogP contribution in [0, 0.1) is 27.7 Å². The summed E-state index contributed by atoms with van der Waals surface area (Å²) in [7, 11) is 0. The smallest absolute Gasteiger partial charge is 0.138 e. The van der Waals surface area contributed by atoms with E-state index in [1.807, 2.05) is 0 Å². The average Bonchev–Trinajstić information content (AvgIpc) is 2.30. The highest BCUT2D eigenvalue weighted by atomic mass is 16.5. The molecule has 1 nitrogen and oxygen atoms in total. The molecule has 1 aromatic rings. The van der Waals surface area contributed by atoms with Gasteiger partial charge in [0.15, 0.2) is 0 Å². The average molecular weight is 228 g/mol. The van der Waals surface area contributed by atoms with E-state index in [2.05, 4.69) is 48.1 Å². The lowest BCUT2D eigenvalue weighted by Crippen LogP contribution is -2.11. The summed E-state index contributed by atoms with van der Waals surface area (Å²) in [4.78, 5) is 0.